The van der Waals surface area contributed by atoms with Crippen molar-refractivity contribution < 1.29 is 0 Å². The lowest BCUT2D eigenvalue weighted by Gasteiger charge is -2.24. The fourth-order valence-electron chi connectivity index (χ4n) is 1.70. The van der Waals surface area contributed by atoms with Crippen molar-refractivity contribution in [2.24, 2.45) is 11.7 Å². The predicted molar refractivity (Wildman–Crippen MR) is 60.8 cm³/mol. The lowest BCUT2D eigenvalue weighted by atomic mass is 9.87. The summed E-state index contributed by atoms with van der Waals surface area (Å²) in [4.78, 5) is 0. The Bertz CT molecular complexity index is 89.3. The fourth-order valence-corrected chi connectivity index (χ4v) is 1.70. The second-order valence-electron chi connectivity index (χ2n) is 4.28. The van der Waals surface area contributed by atoms with Crippen LogP contribution >= 0.6 is 0 Å². The van der Waals surface area contributed by atoms with E-state index in [4.69, 9.17) is 5.73 Å². The Balaban J connectivity index is 0.000000252. The molecule has 1 nitrogen and oxygen atoms in total. The molecule has 0 bridgehead atoms. The summed E-state index contributed by atoms with van der Waals surface area (Å²) in [6, 6.07) is 0.503. The molecule has 0 heterocycles. The number of nitrogens with two attached hydrogens (primary N) is 1. The molecule has 0 aromatic heterocycles. The maximum Gasteiger partial charge on any atom is 0.00645 e. The van der Waals surface area contributed by atoms with Gasteiger partial charge in [0.1, 0.15) is 0 Å². The molecular formula is C12H27N. The van der Waals surface area contributed by atoms with E-state index in [1.165, 1.54) is 44.9 Å². The van der Waals surface area contributed by atoms with Crippen molar-refractivity contribution in [2.75, 3.05) is 0 Å². The molecule has 1 saturated carbocycles. The Morgan fingerprint density at radius 2 is 1.62 bits per heavy atom. The van der Waals surface area contributed by atoms with E-state index >= 15 is 0 Å². The van der Waals surface area contributed by atoms with Gasteiger partial charge in [-0.15, -0.1) is 0 Å². The van der Waals surface area contributed by atoms with Crippen LogP contribution in [0.5, 0.6) is 0 Å². The highest BCUT2D eigenvalue weighted by atomic mass is 14.6. The Kier molecular flexibility index (Phi) is 8.53. The minimum atomic E-state index is 0.503. The molecule has 13 heavy (non-hydrogen) atoms. The SMILES string of the molecule is CCCCC.C[C@H]1CCCC[C@@H]1N. The Morgan fingerprint density at radius 3 is 1.85 bits per heavy atom. The van der Waals surface area contributed by atoms with E-state index in [-0.39, 0.29) is 0 Å². The second-order valence-corrected chi connectivity index (χ2v) is 4.28. The molecule has 1 fully saturated rings. The van der Waals surface area contributed by atoms with Crippen LogP contribution in [0.4, 0.5) is 0 Å². The molecule has 0 amide bonds. The van der Waals surface area contributed by atoms with Crippen LogP contribution in [0.15, 0.2) is 0 Å². The van der Waals surface area contributed by atoms with E-state index in [1.54, 1.807) is 0 Å². The van der Waals surface area contributed by atoms with Gasteiger partial charge in [-0.25, -0.2) is 0 Å². The van der Waals surface area contributed by atoms with E-state index in [2.05, 4.69) is 20.8 Å². The van der Waals surface area contributed by atoms with Crippen molar-refractivity contribution in [3.05, 3.63) is 0 Å². The molecule has 2 N–H and O–H groups in total. The van der Waals surface area contributed by atoms with Gasteiger partial charge in [-0.05, 0) is 18.8 Å². The molecule has 0 aliphatic heterocycles. The van der Waals surface area contributed by atoms with Crippen molar-refractivity contribution in [3.63, 3.8) is 0 Å². The van der Waals surface area contributed by atoms with E-state index in [0.29, 0.717) is 6.04 Å². The summed E-state index contributed by atoms with van der Waals surface area (Å²) in [5.74, 6) is 0.781. The van der Waals surface area contributed by atoms with Crippen molar-refractivity contribution in [1.82, 2.24) is 0 Å². The first-order valence-electron chi connectivity index (χ1n) is 5.97. The Labute approximate surface area is 84.1 Å². The third-order valence-electron chi connectivity index (χ3n) is 2.88. The van der Waals surface area contributed by atoms with E-state index in [1.807, 2.05) is 0 Å². The predicted octanol–water partition coefficient (Wildman–Crippen LogP) is 3.72. The van der Waals surface area contributed by atoms with Crippen molar-refractivity contribution >= 4 is 0 Å². The number of hydrogen-bond acceptors (Lipinski definition) is 1. The van der Waals surface area contributed by atoms with Crippen LogP contribution < -0.4 is 5.73 Å². The summed E-state index contributed by atoms with van der Waals surface area (Å²) in [6.07, 6.45) is 9.43. The molecule has 0 unspecified atom stereocenters. The molecule has 80 valence electrons. The maximum absolute atomic E-state index is 5.78. The number of hydrogen-bond donors (Lipinski definition) is 1. The van der Waals surface area contributed by atoms with Crippen LogP contribution in [0.2, 0.25) is 0 Å². The summed E-state index contributed by atoms with van der Waals surface area (Å²) in [5.41, 5.74) is 5.78. The largest absolute Gasteiger partial charge is 0.327 e. The fraction of sp³-hybridized carbons (Fsp3) is 1.00. The summed E-state index contributed by atoms with van der Waals surface area (Å²) in [5, 5.41) is 0. The van der Waals surface area contributed by atoms with Crippen LogP contribution in [0, 0.1) is 5.92 Å². The second kappa shape index (κ2) is 8.55. The van der Waals surface area contributed by atoms with Gasteiger partial charge in [0.05, 0.1) is 0 Å². The molecule has 0 radical (unpaired) electrons. The molecule has 1 heteroatoms. The monoisotopic (exact) mass is 185 g/mol. The van der Waals surface area contributed by atoms with Gasteiger partial charge < -0.3 is 5.73 Å². The minimum absolute atomic E-state index is 0.503. The van der Waals surface area contributed by atoms with Gasteiger partial charge in [0, 0.05) is 6.04 Å². The first-order valence-corrected chi connectivity index (χ1v) is 5.97. The zero-order chi connectivity index (χ0) is 10.1. The van der Waals surface area contributed by atoms with Gasteiger partial charge in [-0.3, -0.25) is 0 Å². The molecule has 0 spiro atoms. The van der Waals surface area contributed by atoms with Crippen molar-refractivity contribution in [1.29, 1.82) is 0 Å². The normalized spacial score (nSPS) is 27.7. The Morgan fingerprint density at radius 1 is 1.08 bits per heavy atom. The molecule has 1 aliphatic carbocycles. The van der Waals surface area contributed by atoms with Crippen LogP contribution in [0.25, 0.3) is 0 Å². The average Bonchev–Trinajstić information content (AvgIpc) is 2.13. The van der Waals surface area contributed by atoms with Gasteiger partial charge >= 0.3 is 0 Å². The van der Waals surface area contributed by atoms with Gasteiger partial charge in [0.15, 0.2) is 0 Å². The summed E-state index contributed by atoms with van der Waals surface area (Å²) in [7, 11) is 0. The third-order valence-corrected chi connectivity index (χ3v) is 2.88. The summed E-state index contributed by atoms with van der Waals surface area (Å²) in [6.45, 7) is 6.68. The smallest absolute Gasteiger partial charge is 0.00645 e. The van der Waals surface area contributed by atoms with Gasteiger partial charge in [-0.1, -0.05) is 52.9 Å². The lowest BCUT2D eigenvalue weighted by Crippen LogP contribution is -2.30. The van der Waals surface area contributed by atoms with Gasteiger partial charge in [0.2, 0.25) is 0 Å². The quantitative estimate of drug-likeness (QED) is 0.697. The highest BCUT2D eigenvalue weighted by Crippen LogP contribution is 2.21. The number of unbranched alkanes of at least 4 members (excludes halogenated alkanes) is 2. The molecule has 1 aliphatic rings. The van der Waals surface area contributed by atoms with Crippen LogP contribution in [0.1, 0.15) is 65.7 Å². The first-order chi connectivity index (χ1) is 6.22. The zero-order valence-corrected chi connectivity index (χ0v) is 9.68. The van der Waals surface area contributed by atoms with Gasteiger partial charge in [-0.2, -0.15) is 0 Å². The molecule has 0 saturated heterocycles. The van der Waals surface area contributed by atoms with E-state index < -0.39 is 0 Å². The average molecular weight is 185 g/mol. The van der Waals surface area contributed by atoms with Crippen LogP contribution in [-0.2, 0) is 0 Å². The standard InChI is InChI=1S/C7H15N.C5H12/c1-6-4-2-3-5-7(6)8;1-3-5-4-2/h6-7H,2-5,8H2,1H3;3-5H2,1-2H3/t6-,7-;/m0./s1. The lowest BCUT2D eigenvalue weighted by molar-refractivity contribution is 0.331. The summed E-state index contributed by atoms with van der Waals surface area (Å²) >= 11 is 0. The summed E-state index contributed by atoms with van der Waals surface area (Å²) < 4.78 is 0. The zero-order valence-electron chi connectivity index (χ0n) is 9.68. The topological polar surface area (TPSA) is 26.0 Å². The first kappa shape index (κ1) is 13.0. The van der Waals surface area contributed by atoms with Gasteiger partial charge in [0.25, 0.3) is 0 Å². The molecule has 0 aromatic carbocycles. The highest BCUT2D eigenvalue weighted by molar-refractivity contribution is 4.73. The third kappa shape index (κ3) is 7.06. The number of rotatable bonds is 2. The van der Waals surface area contributed by atoms with E-state index in [0.717, 1.165) is 5.92 Å². The highest BCUT2D eigenvalue weighted by Gasteiger charge is 2.15. The Hall–Kier alpha value is -0.0400. The van der Waals surface area contributed by atoms with E-state index in [9.17, 15) is 0 Å². The minimum Gasteiger partial charge on any atom is -0.327 e. The molecular weight excluding hydrogens is 158 g/mol. The van der Waals surface area contributed by atoms with Crippen LogP contribution in [0.3, 0.4) is 0 Å². The van der Waals surface area contributed by atoms with Crippen molar-refractivity contribution in [3.8, 4) is 0 Å². The molecule has 2 atom stereocenters. The maximum atomic E-state index is 5.78. The molecule has 0 aromatic rings. The van der Waals surface area contributed by atoms with Crippen molar-refractivity contribution in [2.45, 2.75) is 71.8 Å². The molecule has 1 rings (SSSR count). The van der Waals surface area contributed by atoms with Crippen LogP contribution in [-0.4, -0.2) is 6.04 Å².